The first-order valence-corrected chi connectivity index (χ1v) is 6.59. The Hall–Kier alpha value is -2.16. The number of halogens is 3. The third-order valence-corrected chi connectivity index (χ3v) is 2.65. The van der Waals surface area contributed by atoms with Crippen molar-refractivity contribution in [3.05, 3.63) is 35.4 Å². The SMILES string of the molecule is C#CCNC(=NCCc1ccc(C(F)(F)F)cc1)NCC. The molecule has 0 radical (unpaired) electrons. The van der Waals surface area contributed by atoms with E-state index in [-0.39, 0.29) is 0 Å². The number of nitrogens with zero attached hydrogens (tertiary/aromatic N) is 1. The molecule has 2 N–H and O–H groups in total. The van der Waals surface area contributed by atoms with Gasteiger partial charge in [-0.15, -0.1) is 6.42 Å². The largest absolute Gasteiger partial charge is 0.416 e. The van der Waals surface area contributed by atoms with Gasteiger partial charge in [-0.25, -0.2) is 0 Å². The molecule has 0 aliphatic heterocycles. The molecule has 0 amide bonds. The molecule has 0 bridgehead atoms. The van der Waals surface area contributed by atoms with E-state index in [0.717, 1.165) is 17.7 Å². The summed E-state index contributed by atoms with van der Waals surface area (Å²) >= 11 is 0. The number of aliphatic imine (C=N–C) groups is 1. The molecule has 21 heavy (non-hydrogen) atoms. The molecular weight excluding hydrogens is 279 g/mol. The first kappa shape index (κ1) is 16.9. The van der Waals surface area contributed by atoms with Crippen molar-refractivity contribution >= 4 is 5.96 Å². The predicted molar refractivity (Wildman–Crippen MR) is 78.0 cm³/mol. The van der Waals surface area contributed by atoms with Crippen LogP contribution in [0.2, 0.25) is 0 Å². The van der Waals surface area contributed by atoms with Gasteiger partial charge in [-0.05, 0) is 31.0 Å². The summed E-state index contributed by atoms with van der Waals surface area (Å²) in [6.45, 7) is 3.47. The Morgan fingerprint density at radius 2 is 1.90 bits per heavy atom. The van der Waals surface area contributed by atoms with Crippen molar-refractivity contribution in [2.75, 3.05) is 19.6 Å². The predicted octanol–water partition coefficient (Wildman–Crippen LogP) is 2.44. The second kappa shape index (κ2) is 8.20. The monoisotopic (exact) mass is 297 g/mol. The van der Waals surface area contributed by atoms with Gasteiger partial charge >= 0.3 is 6.18 Å². The van der Waals surface area contributed by atoms with Crippen molar-refractivity contribution in [3.63, 3.8) is 0 Å². The summed E-state index contributed by atoms with van der Waals surface area (Å²) in [6, 6.07) is 5.11. The third-order valence-electron chi connectivity index (χ3n) is 2.65. The molecule has 0 heterocycles. The first-order chi connectivity index (χ1) is 9.97. The minimum atomic E-state index is -4.30. The topological polar surface area (TPSA) is 36.4 Å². The van der Waals surface area contributed by atoms with Crippen LogP contribution in [0.25, 0.3) is 0 Å². The van der Waals surface area contributed by atoms with Crippen molar-refractivity contribution in [1.82, 2.24) is 10.6 Å². The third kappa shape index (κ3) is 6.21. The van der Waals surface area contributed by atoms with Gasteiger partial charge in [0.15, 0.2) is 5.96 Å². The summed E-state index contributed by atoms with van der Waals surface area (Å²) in [6.07, 6.45) is 1.42. The van der Waals surface area contributed by atoms with Crippen molar-refractivity contribution in [1.29, 1.82) is 0 Å². The van der Waals surface area contributed by atoms with Crippen molar-refractivity contribution < 1.29 is 13.2 Å². The van der Waals surface area contributed by atoms with Gasteiger partial charge in [0.05, 0.1) is 12.1 Å². The van der Waals surface area contributed by atoms with E-state index >= 15 is 0 Å². The van der Waals surface area contributed by atoms with E-state index in [2.05, 4.69) is 21.5 Å². The average Bonchev–Trinajstić information content (AvgIpc) is 2.44. The molecule has 1 aromatic carbocycles. The summed E-state index contributed by atoms with van der Waals surface area (Å²) in [5, 5.41) is 5.97. The lowest BCUT2D eigenvalue weighted by Gasteiger charge is -2.09. The lowest BCUT2D eigenvalue weighted by Crippen LogP contribution is -2.37. The molecule has 114 valence electrons. The molecule has 1 aromatic rings. The lowest BCUT2D eigenvalue weighted by molar-refractivity contribution is -0.137. The number of hydrogen-bond donors (Lipinski definition) is 2. The van der Waals surface area contributed by atoms with Gasteiger partial charge in [0, 0.05) is 13.1 Å². The summed E-state index contributed by atoms with van der Waals surface area (Å²) in [5.41, 5.74) is 0.165. The molecule has 0 aliphatic carbocycles. The maximum absolute atomic E-state index is 12.4. The molecule has 0 unspecified atom stereocenters. The van der Waals surface area contributed by atoms with E-state index in [1.165, 1.54) is 12.1 Å². The molecular formula is C15H18F3N3. The zero-order valence-corrected chi connectivity index (χ0v) is 11.8. The Bertz CT molecular complexity index is 498. The summed E-state index contributed by atoms with van der Waals surface area (Å²) in [7, 11) is 0. The van der Waals surface area contributed by atoms with E-state index in [4.69, 9.17) is 6.42 Å². The summed E-state index contributed by atoms with van der Waals surface area (Å²) < 4.78 is 37.3. The summed E-state index contributed by atoms with van der Waals surface area (Å²) in [5.74, 6) is 3.05. The van der Waals surface area contributed by atoms with Crippen molar-refractivity contribution in [2.45, 2.75) is 19.5 Å². The Morgan fingerprint density at radius 3 is 2.43 bits per heavy atom. The Balaban J connectivity index is 2.55. The molecule has 6 heteroatoms. The van der Waals surface area contributed by atoms with E-state index in [0.29, 0.717) is 32.0 Å². The van der Waals surface area contributed by atoms with Crippen LogP contribution in [0.4, 0.5) is 13.2 Å². The highest BCUT2D eigenvalue weighted by Gasteiger charge is 2.29. The van der Waals surface area contributed by atoms with E-state index in [1.54, 1.807) is 0 Å². The molecule has 3 nitrogen and oxygen atoms in total. The van der Waals surface area contributed by atoms with Crippen LogP contribution in [0, 0.1) is 12.3 Å². The van der Waals surface area contributed by atoms with Gasteiger partial charge in [0.25, 0.3) is 0 Å². The fraction of sp³-hybridized carbons (Fsp3) is 0.400. The minimum absolute atomic E-state index is 0.367. The number of terminal acetylenes is 1. The maximum Gasteiger partial charge on any atom is 0.416 e. The number of benzene rings is 1. The minimum Gasteiger partial charge on any atom is -0.357 e. The van der Waals surface area contributed by atoms with Gasteiger partial charge < -0.3 is 10.6 Å². The highest BCUT2D eigenvalue weighted by atomic mass is 19.4. The van der Waals surface area contributed by atoms with Crippen LogP contribution >= 0.6 is 0 Å². The molecule has 0 fully saturated rings. The van der Waals surface area contributed by atoms with Crippen LogP contribution in [0.5, 0.6) is 0 Å². The molecule has 0 spiro atoms. The average molecular weight is 297 g/mol. The van der Waals surface area contributed by atoms with Crippen molar-refractivity contribution in [2.24, 2.45) is 4.99 Å². The van der Waals surface area contributed by atoms with Crippen LogP contribution in [0.1, 0.15) is 18.1 Å². The molecule has 1 rings (SSSR count). The molecule has 0 atom stereocenters. The normalized spacial score (nSPS) is 11.9. The van der Waals surface area contributed by atoms with E-state index < -0.39 is 11.7 Å². The van der Waals surface area contributed by atoms with Gasteiger partial charge in [0.1, 0.15) is 0 Å². The fourth-order valence-corrected chi connectivity index (χ4v) is 1.63. The van der Waals surface area contributed by atoms with Gasteiger partial charge in [-0.3, -0.25) is 4.99 Å². The molecule has 0 saturated carbocycles. The van der Waals surface area contributed by atoms with Crippen molar-refractivity contribution in [3.8, 4) is 12.3 Å². The van der Waals surface area contributed by atoms with Crippen LogP contribution in [-0.4, -0.2) is 25.6 Å². The highest BCUT2D eigenvalue weighted by molar-refractivity contribution is 5.79. The zero-order chi connectivity index (χ0) is 15.7. The summed E-state index contributed by atoms with van der Waals surface area (Å²) in [4.78, 5) is 4.29. The smallest absolute Gasteiger partial charge is 0.357 e. The van der Waals surface area contributed by atoms with Gasteiger partial charge in [-0.1, -0.05) is 18.1 Å². The number of guanidine groups is 1. The zero-order valence-electron chi connectivity index (χ0n) is 11.8. The van der Waals surface area contributed by atoms with Crippen LogP contribution in [0.15, 0.2) is 29.3 Å². The molecule has 0 saturated heterocycles. The number of rotatable bonds is 5. The Labute approximate surface area is 122 Å². The maximum atomic E-state index is 12.4. The van der Waals surface area contributed by atoms with E-state index in [1.807, 2.05) is 6.92 Å². The first-order valence-electron chi connectivity index (χ1n) is 6.59. The second-order valence-corrected chi connectivity index (χ2v) is 4.26. The lowest BCUT2D eigenvalue weighted by atomic mass is 10.1. The van der Waals surface area contributed by atoms with Gasteiger partial charge in [-0.2, -0.15) is 13.2 Å². The van der Waals surface area contributed by atoms with Gasteiger partial charge in [0.2, 0.25) is 0 Å². The Morgan fingerprint density at radius 1 is 1.24 bits per heavy atom. The van der Waals surface area contributed by atoms with Crippen LogP contribution in [-0.2, 0) is 12.6 Å². The molecule has 0 aliphatic rings. The van der Waals surface area contributed by atoms with Crippen LogP contribution in [0.3, 0.4) is 0 Å². The number of nitrogens with one attached hydrogen (secondary N) is 2. The number of alkyl halides is 3. The quantitative estimate of drug-likeness (QED) is 0.497. The standard InChI is InChI=1S/C15H18F3N3/c1-3-10-20-14(19-4-2)21-11-9-12-5-7-13(8-6-12)15(16,17)18/h1,5-8H,4,9-11H2,2H3,(H2,19,20,21). The fourth-order valence-electron chi connectivity index (χ4n) is 1.63. The second-order valence-electron chi connectivity index (χ2n) is 4.26. The molecule has 0 aromatic heterocycles. The number of hydrogen-bond acceptors (Lipinski definition) is 1. The highest BCUT2D eigenvalue weighted by Crippen LogP contribution is 2.29. The van der Waals surface area contributed by atoms with E-state index in [9.17, 15) is 13.2 Å². The van der Waals surface area contributed by atoms with Crippen LogP contribution < -0.4 is 10.6 Å². The Kier molecular flexibility index (Phi) is 6.60.